The van der Waals surface area contributed by atoms with E-state index in [1.54, 1.807) is 26.4 Å². The van der Waals surface area contributed by atoms with E-state index >= 15 is 0 Å². The number of phenols is 1. The number of benzene rings is 2. The molecular formula is C27H28N2O6. The zero-order chi connectivity index (χ0) is 24.7. The van der Waals surface area contributed by atoms with Crippen molar-refractivity contribution >= 4 is 11.7 Å². The molecule has 0 saturated carbocycles. The van der Waals surface area contributed by atoms with Crippen molar-refractivity contribution in [2.45, 2.75) is 38.5 Å². The number of ether oxygens (including phenoxy) is 3. The van der Waals surface area contributed by atoms with E-state index in [4.69, 9.17) is 18.7 Å². The van der Waals surface area contributed by atoms with Gasteiger partial charge in [-0.2, -0.15) is 0 Å². The Morgan fingerprint density at radius 3 is 2.54 bits per heavy atom. The van der Waals surface area contributed by atoms with Crippen LogP contribution in [0, 0.1) is 6.92 Å². The summed E-state index contributed by atoms with van der Waals surface area (Å²) in [5.74, 6) is 1.92. The third-order valence-electron chi connectivity index (χ3n) is 6.75. The minimum Gasteiger partial charge on any atom is -0.504 e. The number of hydrogen-bond acceptors (Lipinski definition) is 8. The first-order valence-electron chi connectivity index (χ1n) is 11.6. The second-order valence-corrected chi connectivity index (χ2v) is 8.76. The van der Waals surface area contributed by atoms with Crippen LogP contribution in [-0.4, -0.2) is 36.9 Å². The number of anilines is 1. The van der Waals surface area contributed by atoms with Gasteiger partial charge in [-0.25, -0.2) is 0 Å². The lowest BCUT2D eigenvalue weighted by molar-refractivity contribution is -0.116. The van der Waals surface area contributed by atoms with Gasteiger partial charge in [0, 0.05) is 23.6 Å². The van der Waals surface area contributed by atoms with Gasteiger partial charge in [0.15, 0.2) is 28.8 Å². The first kappa shape index (κ1) is 22.8. The van der Waals surface area contributed by atoms with Gasteiger partial charge in [0.2, 0.25) is 5.88 Å². The molecule has 2 heterocycles. The molecule has 1 aliphatic heterocycles. The summed E-state index contributed by atoms with van der Waals surface area (Å²) in [5.41, 5.74) is 4.91. The van der Waals surface area contributed by atoms with E-state index in [9.17, 15) is 9.90 Å². The zero-order valence-corrected chi connectivity index (χ0v) is 20.2. The van der Waals surface area contributed by atoms with E-state index in [0.717, 1.165) is 22.4 Å². The van der Waals surface area contributed by atoms with Crippen molar-refractivity contribution < 1.29 is 28.6 Å². The molecule has 2 atom stereocenters. The number of Topliss-reactive ketones (excluding diaryl/α,β-unsaturated/α-hetero) is 1. The Morgan fingerprint density at radius 2 is 1.80 bits per heavy atom. The van der Waals surface area contributed by atoms with Crippen LogP contribution in [0.5, 0.6) is 23.0 Å². The number of phenolic OH excluding ortho intramolecular Hbond substituents is 1. The molecule has 1 aliphatic carbocycles. The number of aromatic nitrogens is 1. The fourth-order valence-corrected chi connectivity index (χ4v) is 5.13. The molecule has 5 rings (SSSR count). The van der Waals surface area contributed by atoms with Crippen molar-refractivity contribution in [3.63, 3.8) is 0 Å². The van der Waals surface area contributed by atoms with Crippen molar-refractivity contribution in [2.75, 3.05) is 26.1 Å². The quantitative estimate of drug-likeness (QED) is 0.509. The molecule has 0 bridgehead atoms. The van der Waals surface area contributed by atoms with Crippen LogP contribution in [0.2, 0.25) is 0 Å². The molecule has 2 aliphatic rings. The number of allylic oxidation sites excluding steroid dienone is 2. The normalized spacial score (nSPS) is 19.0. The SMILES string of the molecule is CCOc1cc([C@H]2C3=C(C[C@H](c4ccc(OC)c(OC)c4)CC3=O)Nc3onc(C)c32)ccc1O. The molecule has 0 fully saturated rings. The van der Waals surface area contributed by atoms with Crippen LogP contribution in [0.3, 0.4) is 0 Å². The number of fused-ring (bicyclic) bond motifs is 1. The number of aromatic hydroxyl groups is 1. The summed E-state index contributed by atoms with van der Waals surface area (Å²) < 4.78 is 22.1. The van der Waals surface area contributed by atoms with E-state index in [0.29, 0.717) is 53.8 Å². The van der Waals surface area contributed by atoms with Gasteiger partial charge in [-0.1, -0.05) is 17.3 Å². The second-order valence-electron chi connectivity index (χ2n) is 8.76. The number of methoxy groups -OCH3 is 2. The lowest BCUT2D eigenvalue weighted by Gasteiger charge is -2.34. The van der Waals surface area contributed by atoms with E-state index in [1.807, 2.05) is 38.1 Å². The van der Waals surface area contributed by atoms with Gasteiger partial charge >= 0.3 is 0 Å². The first-order chi connectivity index (χ1) is 16.9. The number of carbonyl (C=O) groups excluding carboxylic acids is 1. The smallest absolute Gasteiger partial charge is 0.233 e. The van der Waals surface area contributed by atoms with E-state index in [2.05, 4.69) is 10.5 Å². The van der Waals surface area contributed by atoms with Crippen molar-refractivity contribution in [1.82, 2.24) is 5.16 Å². The molecule has 0 saturated heterocycles. The standard InChI is InChI=1S/C27H28N2O6/c1-5-34-22-13-16(6-8-19(22)30)25-24-14(2)29-35-27(24)28-18-10-17(11-20(31)26(18)25)15-7-9-21(32-3)23(12-15)33-4/h6-9,12-13,17,25,28,30H,5,10-11H2,1-4H3/t17-,25+/m0/s1. The number of carbonyl (C=O) groups is 1. The highest BCUT2D eigenvalue weighted by molar-refractivity contribution is 6.01. The maximum absolute atomic E-state index is 13.7. The van der Waals surface area contributed by atoms with Gasteiger partial charge < -0.3 is 29.2 Å². The van der Waals surface area contributed by atoms with E-state index in [-0.39, 0.29) is 23.4 Å². The second kappa shape index (κ2) is 9.02. The summed E-state index contributed by atoms with van der Waals surface area (Å²) in [6.45, 7) is 4.14. The summed E-state index contributed by atoms with van der Waals surface area (Å²) in [5, 5.41) is 17.7. The molecule has 2 N–H and O–H groups in total. The highest BCUT2D eigenvalue weighted by Crippen LogP contribution is 2.50. The number of hydrogen-bond donors (Lipinski definition) is 2. The molecule has 0 spiro atoms. The number of aryl methyl sites for hydroxylation is 1. The Kier molecular flexibility index (Phi) is 5.88. The molecule has 3 aromatic rings. The van der Waals surface area contributed by atoms with E-state index in [1.165, 1.54) is 0 Å². The monoisotopic (exact) mass is 476 g/mol. The van der Waals surface area contributed by atoms with E-state index < -0.39 is 0 Å². The molecule has 2 aromatic carbocycles. The van der Waals surface area contributed by atoms with Crippen molar-refractivity contribution in [3.8, 4) is 23.0 Å². The molecule has 0 radical (unpaired) electrons. The van der Waals surface area contributed by atoms with Crippen LogP contribution in [-0.2, 0) is 4.79 Å². The summed E-state index contributed by atoms with van der Waals surface area (Å²) in [6.07, 6.45) is 0.991. The van der Waals surface area contributed by atoms with Gasteiger partial charge in [-0.05, 0) is 61.6 Å². The first-order valence-corrected chi connectivity index (χ1v) is 11.6. The average Bonchev–Trinajstić information content (AvgIpc) is 3.23. The van der Waals surface area contributed by atoms with Crippen LogP contribution < -0.4 is 19.5 Å². The predicted molar refractivity (Wildman–Crippen MR) is 130 cm³/mol. The van der Waals surface area contributed by atoms with Crippen LogP contribution in [0.15, 0.2) is 52.2 Å². The number of nitrogens with zero attached hydrogens (tertiary/aromatic N) is 1. The third-order valence-corrected chi connectivity index (χ3v) is 6.75. The molecule has 35 heavy (non-hydrogen) atoms. The molecule has 8 heteroatoms. The van der Waals surface area contributed by atoms with Crippen molar-refractivity contribution in [1.29, 1.82) is 0 Å². The highest BCUT2D eigenvalue weighted by Gasteiger charge is 2.41. The third kappa shape index (κ3) is 3.88. The lowest BCUT2D eigenvalue weighted by Crippen LogP contribution is -2.29. The summed E-state index contributed by atoms with van der Waals surface area (Å²) in [6, 6.07) is 11.0. The molecular weight excluding hydrogens is 448 g/mol. The molecule has 182 valence electrons. The molecule has 1 aromatic heterocycles. The largest absolute Gasteiger partial charge is 0.504 e. The maximum atomic E-state index is 13.7. The van der Waals surface area contributed by atoms with Gasteiger partial charge in [0.05, 0.1) is 32.1 Å². The minimum absolute atomic E-state index is 0.0291. The Morgan fingerprint density at radius 1 is 1.06 bits per heavy atom. The minimum atomic E-state index is -0.369. The predicted octanol–water partition coefficient (Wildman–Crippen LogP) is 5.06. The Bertz CT molecular complexity index is 1330. The van der Waals surface area contributed by atoms with Gasteiger partial charge in [0.25, 0.3) is 0 Å². The average molecular weight is 477 g/mol. The van der Waals surface area contributed by atoms with Crippen molar-refractivity contribution in [3.05, 3.63) is 70.1 Å². The van der Waals surface area contributed by atoms with Crippen LogP contribution in [0.1, 0.15) is 54.0 Å². The molecule has 0 unspecified atom stereocenters. The summed E-state index contributed by atoms with van der Waals surface area (Å²) in [4.78, 5) is 13.7. The maximum Gasteiger partial charge on any atom is 0.233 e. The zero-order valence-electron chi connectivity index (χ0n) is 20.2. The Hall–Kier alpha value is -3.94. The summed E-state index contributed by atoms with van der Waals surface area (Å²) in [7, 11) is 3.20. The van der Waals surface area contributed by atoms with Crippen LogP contribution in [0.4, 0.5) is 5.88 Å². The van der Waals surface area contributed by atoms with Crippen LogP contribution >= 0.6 is 0 Å². The van der Waals surface area contributed by atoms with Crippen molar-refractivity contribution in [2.24, 2.45) is 0 Å². The molecule has 0 amide bonds. The van der Waals surface area contributed by atoms with Gasteiger partial charge in [0.1, 0.15) is 0 Å². The van der Waals surface area contributed by atoms with Gasteiger partial charge in [-0.3, -0.25) is 4.79 Å². The highest BCUT2D eigenvalue weighted by atomic mass is 16.5. The summed E-state index contributed by atoms with van der Waals surface area (Å²) >= 11 is 0. The number of nitrogens with one attached hydrogen (secondary N) is 1. The fraction of sp³-hybridized carbons (Fsp3) is 0.333. The molecule has 8 nitrogen and oxygen atoms in total. The topological polar surface area (TPSA) is 103 Å². The van der Waals surface area contributed by atoms with Crippen LogP contribution in [0.25, 0.3) is 0 Å². The lowest BCUT2D eigenvalue weighted by atomic mass is 9.72. The Labute approximate surface area is 203 Å². The fourth-order valence-electron chi connectivity index (χ4n) is 5.13. The Balaban J connectivity index is 1.58. The number of rotatable bonds is 6. The number of ketones is 1. The van der Waals surface area contributed by atoms with Gasteiger partial charge in [-0.15, -0.1) is 0 Å².